The number of hydrogen-bond acceptors (Lipinski definition) is 2. The number of amides is 1. The largest absolute Gasteiger partial charge is 0.356 e. The van der Waals surface area contributed by atoms with Crippen molar-refractivity contribution in [3.8, 4) is 0 Å². The van der Waals surface area contributed by atoms with Gasteiger partial charge in [0.2, 0.25) is 5.91 Å². The van der Waals surface area contributed by atoms with Gasteiger partial charge in [-0.05, 0) is 25.9 Å². The Morgan fingerprint density at radius 1 is 1.50 bits per heavy atom. The van der Waals surface area contributed by atoms with Gasteiger partial charge >= 0.3 is 0 Å². The van der Waals surface area contributed by atoms with Gasteiger partial charge in [0.15, 0.2) is 0 Å². The van der Waals surface area contributed by atoms with Gasteiger partial charge < -0.3 is 10.6 Å². The van der Waals surface area contributed by atoms with E-state index in [1.165, 1.54) is 0 Å². The lowest BCUT2D eigenvalue weighted by molar-refractivity contribution is -0.121. The average molecular weight is 172 g/mol. The van der Waals surface area contributed by atoms with Crippen LogP contribution in [0.1, 0.15) is 26.7 Å². The van der Waals surface area contributed by atoms with Gasteiger partial charge in [0.1, 0.15) is 0 Å². The molecule has 0 heterocycles. The third kappa shape index (κ3) is 6.16. The summed E-state index contributed by atoms with van der Waals surface area (Å²) >= 11 is 0. The van der Waals surface area contributed by atoms with E-state index in [-0.39, 0.29) is 5.91 Å². The zero-order valence-electron chi connectivity index (χ0n) is 8.31. The maximum atomic E-state index is 11.1. The lowest BCUT2D eigenvalue weighted by Gasteiger charge is -2.09. The van der Waals surface area contributed by atoms with E-state index in [9.17, 15) is 4.79 Å². The summed E-state index contributed by atoms with van der Waals surface area (Å²) in [6.07, 6.45) is 1.63. The summed E-state index contributed by atoms with van der Waals surface area (Å²) in [5.74, 6) is 0.589. The van der Waals surface area contributed by atoms with Gasteiger partial charge in [-0.2, -0.15) is 0 Å². The Labute approximate surface area is 74.9 Å². The number of nitrogens with one attached hydrogen (secondary N) is 2. The van der Waals surface area contributed by atoms with E-state index in [1.54, 1.807) is 0 Å². The molecule has 0 aliphatic rings. The summed E-state index contributed by atoms with van der Waals surface area (Å²) in [6.45, 7) is 5.82. The lowest BCUT2D eigenvalue weighted by Crippen LogP contribution is -2.28. The normalized spacial score (nSPS) is 12.6. The summed E-state index contributed by atoms with van der Waals surface area (Å²) in [6, 6.07) is 0. The Morgan fingerprint density at radius 2 is 2.17 bits per heavy atom. The zero-order valence-corrected chi connectivity index (χ0v) is 8.31. The highest BCUT2D eigenvalue weighted by Crippen LogP contribution is 1.98. The second kappa shape index (κ2) is 7.10. The Morgan fingerprint density at radius 3 is 2.67 bits per heavy atom. The van der Waals surface area contributed by atoms with Crippen LogP contribution in [0, 0.1) is 5.92 Å². The third-order valence-corrected chi connectivity index (χ3v) is 1.66. The van der Waals surface area contributed by atoms with Gasteiger partial charge in [-0.3, -0.25) is 4.79 Å². The van der Waals surface area contributed by atoms with Gasteiger partial charge in [-0.25, -0.2) is 0 Å². The van der Waals surface area contributed by atoms with Crippen molar-refractivity contribution < 1.29 is 4.79 Å². The van der Waals surface area contributed by atoms with E-state index in [2.05, 4.69) is 24.5 Å². The van der Waals surface area contributed by atoms with Gasteiger partial charge in [0, 0.05) is 13.0 Å². The molecule has 1 atom stereocenters. The summed E-state index contributed by atoms with van der Waals surface area (Å²) < 4.78 is 0. The Kier molecular flexibility index (Phi) is 6.76. The van der Waals surface area contributed by atoms with Crippen LogP contribution in [-0.4, -0.2) is 26.0 Å². The van der Waals surface area contributed by atoms with Crippen molar-refractivity contribution in [2.75, 3.05) is 20.1 Å². The van der Waals surface area contributed by atoms with Crippen LogP contribution in [0.4, 0.5) is 0 Å². The molecule has 0 fully saturated rings. The van der Waals surface area contributed by atoms with Crippen LogP contribution in [0.3, 0.4) is 0 Å². The molecule has 0 saturated carbocycles. The molecule has 0 aliphatic carbocycles. The van der Waals surface area contributed by atoms with Crippen LogP contribution in [0.2, 0.25) is 0 Å². The molecular weight excluding hydrogens is 152 g/mol. The number of carbonyl (C=O) groups excluding carboxylic acids is 1. The zero-order chi connectivity index (χ0) is 9.40. The van der Waals surface area contributed by atoms with Gasteiger partial charge in [-0.1, -0.05) is 13.8 Å². The molecule has 3 nitrogen and oxygen atoms in total. The van der Waals surface area contributed by atoms with Crippen LogP contribution in [0.25, 0.3) is 0 Å². The van der Waals surface area contributed by atoms with E-state index in [0.717, 1.165) is 19.5 Å². The molecule has 0 aromatic carbocycles. The Hall–Kier alpha value is -0.570. The van der Waals surface area contributed by atoms with E-state index in [4.69, 9.17) is 0 Å². The average Bonchev–Trinajstić information content (AvgIpc) is 2.01. The molecular formula is C9H20N2O. The first kappa shape index (κ1) is 11.4. The molecule has 0 radical (unpaired) electrons. The van der Waals surface area contributed by atoms with Crippen molar-refractivity contribution in [1.82, 2.24) is 10.6 Å². The van der Waals surface area contributed by atoms with Crippen LogP contribution in [-0.2, 0) is 4.79 Å². The van der Waals surface area contributed by atoms with E-state index < -0.39 is 0 Å². The Bertz CT molecular complexity index is 126. The molecule has 0 spiro atoms. The van der Waals surface area contributed by atoms with Crippen LogP contribution in [0.5, 0.6) is 0 Å². The summed E-state index contributed by atoms with van der Waals surface area (Å²) in [5.41, 5.74) is 0. The summed E-state index contributed by atoms with van der Waals surface area (Å²) in [7, 11) is 1.90. The molecule has 12 heavy (non-hydrogen) atoms. The summed E-state index contributed by atoms with van der Waals surface area (Å²) in [4.78, 5) is 11.1. The Balaban J connectivity index is 3.40. The molecule has 3 heteroatoms. The fraction of sp³-hybridized carbons (Fsp3) is 0.889. The standard InChI is InChI=1S/C9H20N2O/c1-4-5-11-9(12)6-8(2)7-10-3/h8,10H,4-7H2,1-3H3,(H,11,12). The molecule has 0 saturated heterocycles. The van der Waals surface area contributed by atoms with Gasteiger partial charge in [0.25, 0.3) is 0 Å². The summed E-state index contributed by atoms with van der Waals surface area (Å²) in [5, 5.41) is 5.90. The van der Waals surface area contributed by atoms with Crippen molar-refractivity contribution in [2.24, 2.45) is 5.92 Å². The highest BCUT2D eigenvalue weighted by Gasteiger charge is 2.06. The minimum absolute atomic E-state index is 0.166. The number of rotatable bonds is 6. The topological polar surface area (TPSA) is 41.1 Å². The van der Waals surface area contributed by atoms with E-state index in [1.807, 2.05) is 7.05 Å². The number of hydrogen-bond donors (Lipinski definition) is 2. The van der Waals surface area contributed by atoms with E-state index >= 15 is 0 Å². The molecule has 0 aromatic rings. The lowest BCUT2D eigenvalue weighted by atomic mass is 10.1. The molecule has 1 amide bonds. The molecule has 0 rings (SSSR count). The smallest absolute Gasteiger partial charge is 0.220 e. The minimum Gasteiger partial charge on any atom is -0.356 e. The second-order valence-corrected chi connectivity index (χ2v) is 3.22. The molecule has 1 unspecified atom stereocenters. The van der Waals surface area contributed by atoms with Crippen molar-refractivity contribution in [3.63, 3.8) is 0 Å². The van der Waals surface area contributed by atoms with Gasteiger partial charge in [0.05, 0.1) is 0 Å². The maximum absolute atomic E-state index is 11.1. The SMILES string of the molecule is CCCNC(=O)CC(C)CNC. The predicted molar refractivity (Wildman–Crippen MR) is 51.0 cm³/mol. The highest BCUT2D eigenvalue weighted by molar-refractivity contribution is 5.76. The predicted octanol–water partition coefficient (Wildman–Crippen LogP) is 0.758. The molecule has 2 N–H and O–H groups in total. The van der Waals surface area contributed by atoms with Crippen molar-refractivity contribution in [3.05, 3.63) is 0 Å². The van der Waals surface area contributed by atoms with Crippen LogP contribution < -0.4 is 10.6 Å². The molecule has 72 valence electrons. The van der Waals surface area contributed by atoms with Gasteiger partial charge in [-0.15, -0.1) is 0 Å². The van der Waals surface area contributed by atoms with Crippen LogP contribution >= 0.6 is 0 Å². The first-order chi connectivity index (χ1) is 5.70. The fourth-order valence-corrected chi connectivity index (χ4v) is 1.07. The number of carbonyl (C=O) groups is 1. The fourth-order valence-electron chi connectivity index (χ4n) is 1.07. The molecule has 0 aromatic heterocycles. The van der Waals surface area contributed by atoms with Crippen molar-refractivity contribution in [1.29, 1.82) is 0 Å². The minimum atomic E-state index is 0.166. The van der Waals surface area contributed by atoms with Crippen LogP contribution in [0.15, 0.2) is 0 Å². The second-order valence-electron chi connectivity index (χ2n) is 3.22. The van der Waals surface area contributed by atoms with E-state index in [0.29, 0.717) is 12.3 Å². The van der Waals surface area contributed by atoms with Crippen molar-refractivity contribution in [2.45, 2.75) is 26.7 Å². The monoisotopic (exact) mass is 172 g/mol. The van der Waals surface area contributed by atoms with Crippen molar-refractivity contribution >= 4 is 5.91 Å². The highest BCUT2D eigenvalue weighted by atomic mass is 16.1. The quantitative estimate of drug-likeness (QED) is 0.621. The molecule has 0 aliphatic heterocycles. The first-order valence-electron chi connectivity index (χ1n) is 4.62. The molecule has 0 bridgehead atoms. The third-order valence-electron chi connectivity index (χ3n) is 1.66. The maximum Gasteiger partial charge on any atom is 0.220 e. The first-order valence-corrected chi connectivity index (χ1v) is 4.62.